The molecular formula is C22H22NO3+. The molecule has 0 saturated carbocycles. The van der Waals surface area contributed by atoms with Gasteiger partial charge >= 0.3 is 5.63 Å². The van der Waals surface area contributed by atoms with Gasteiger partial charge in [0.2, 0.25) is 0 Å². The number of aryl methyl sites for hydroxylation is 1. The summed E-state index contributed by atoms with van der Waals surface area (Å²) < 4.78 is 5.34. The van der Waals surface area contributed by atoms with Gasteiger partial charge in [-0.2, -0.15) is 0 Å². The molecule has 26 heavy (non-hydrogen) atoms. The van der Waals surface area contributed by atoms with Crippen LogP contribution in [0.2, 0.25) is 0 Å². The molecule has 0 saturated heterocycles. The highest BCUT2D eigenvalue weighted by atomic mass is 16.4. The molecule has 0 amide bonds. The summed E-state index contributed by atoms with van der Waals surface area (Å²) in [4.78, 5) is 13.4. The standard InChI is InChI=1S/C22H21NO3/c1-15-20(24)8-7-19-18(13-21(25)26-22(15)19)14-23-11-9-17(10-12-23)16-5-3-2-4-6-16/h2-9,13,24H,10-12,14H2,1H3/p+1. The minimum Gasteiger partial charge on any atom is -0.508 e. The largest absolute Gasteiger partial charge is 0.508 e. The summed E-state index contributed by atoms with van der Waals surface area (Å²) in [6.45, 7) is 4.50. The van der Waals surface area contributed by atoms with Crippen molar-refractivity contribution < 1.29 is 14.4 Å². The number of aromatic hydroxyl groups is 1. The zero-order chi connectivity index (χ0) is 18.1. The highest BCUT2D eigenvalue weighted by Gasteiger charge is 2.19. The second-order valence-electron chi connectivity index (χ2n) is 6.90. The average molecular weight is 348 g/mol. The van der Waals surface area contributed by atoms with Gasteiger partial charge in [0.05, 0.1) is 13.1 Å². The number of quaternary nitrogens is 1. The molecule has 132 valence electrons. The van der Waals surface area contributed by atoms with E-state index in [1.807, 2.05) is 12.1 Å². The summed E-state index contributed by atoms with van der Waals surface area (Å²) in [5.41, 5.74) is 4.41. The summed E-state index contributed by atoms with van der Waals surface area (Å²) in [6.07, 6.45) is 3.33. The molecule has 1 unspecified atom stereocenters. The normalized spacial score (nSPS) is 17.3. The van der Waals surface area contributed by atoms with E-state index in [4.69, 9.17) is 4.42 Å². The third-order valence-electron chi connectivity index (χ3n) is 5.19. The van der Waals surface area contributed by atoms with Gasteiger partial charge in [-0.05, 0) is 36.3 Å². The minimum absolute atomic E-state index is 0.151. The van der Waals surface area contributed by atoms with E-state index in [1.54, 1.807) is 19.1 Å². The van der Waals surface area contributed by atoms with Gasteiger partial charge in [0.15, 0.2) is 0 Å². The zero-order valence-electron chi connectivity index (χ0n) is 14.8. The molecule has 4 nitrogen and oxygen atoms in total. The van der Waals surface area contributed by atoms with Crippen LogP contribution >= 0.6 is 0 Å². The molecule has 0 spiro atoms. The Morgan fingerprint density at radius 2 is 1.96 bits per heavy atom. The van der Waals surface area contributed by atoms with Crippen LogP contribution in [0.3, 0.4) is 0 Å². The minimum atomic E-state index is -0.363. The van der Waals surface area contributed by atoms with Crippen molar-refractivity contribution in [3.63, 3.8) is 0 Å². The van der Waals surface area contributed by atoms with Crippen LogP contribution in [-0.2, 0) is 6.54 Å². The fraction of sp³-hybridized carbons (Fsp3) is 0.227. The van der Waals surface area contributed by atoms with Gasteiger partial charge in [-0.3, -0.25) is 0 Å². The Kier molecular flexibility index (Phi) is 4.35. The number of benzene rings is 2. The Bertz CT molecular complexity index is 1030. The van der Waals surface area contributed by atoms with Gasteiger partial charge < -0.3 is 14.4 Å². The number of nitrogens with one attached hydrogen (secondary N) is 1. The van der Waals surface area contributed by atoms with E-state index >= 15 is 0 Å². The van der Waals surface area contributed by atoms with Gasteiger partial charge in [-0.15, -0.1) is 0 Å². The molecule has 4 rings (SSSR count). The highest BCUT2D eigenvalue weighted by Crippen LogP contribution is 2.27. The van der Waals surface area contributed by atoms with Crippen LogP contribution in [-0.4, -0.2) is 18.2 Å². The van der Waals surface area contributed by atoms with Crippen molar-refractivity contribution in [3.8, 4) is 5.75 Å². The SMILES string of the molecule is Cc1c(O)ccc2c(C[NH+]3CC=C(c4ccccc4)CC3)cc(=O)oc12. The number of phenols is 1. The number of fused-ring (bicyclic) bond motifs is 1. The lowest BCUT2D eigenvalue weighted by Crippen LogP contribution is -3.11. The van der Waals surface area contributed by atoms with Gasteiger partial charge in [0.25, 0.3) is 0 Å². The predicted molar refractivity (Wildman–Crippen MR) is 102 cm³/mol. The van der Waals surface area contributed by atoms with E-state index in [9.17, 15) is 9.90 Å². The number of phenolic OH excluding ortho intramolecular Hbond substituents is 1. The third-order valence-corrected chi connectivity index (χ3v) is 5.19. The maximum absolute atomic E-state index is 12.0. The summed E-state index contributed by atoms with van der Waals surface area (Å²) in [7, 11) is 0. The first-order chi connectivity index (χ1) is 12.6. The van der Waals surface area contributed by atoms with Crippen molar-refractivity contribution >= 4 is 16.5 Å². The molecule has 0 radical (unpaired) electrons. The fourth-order valence-electron chi connectivity index (χ4n) is 3.69. The van der Waals surface area contributed by atoms with Crippen molar-refractivity contribution in [1.82, 2.24) is 0 Å². The van der Waals surface area contributed by atoms with Crippen LogP contribution in [0.25, 0.3) is 16.5 Å². The van der Waals surface area contributed by atoms with Crippen molar-refractivity contribution in [1.29, 1.82) is 0 Å². The Balaban J connectivity index is 1.60. The van der Waals surface area contributed by atoms with Crippen molar-refractivity contribution in [3.05, 3.63) is 81.7 Å². The molecule has 2 aromatic carbocycles. The lowest BCUT2D eigenvalue weighted by Gasteiger charge is -2.24. The van der Waals surface area contributed by atoms with Crippen molar-refractivity contribution in [2.24, 2.45) is 0 Å². The molecule has 1 aliphatic rings. The van der Waals surface area contributed by atoms with Gasteiger partial charge in [0.1, 0.15) is 17.9 Å². The van der Waals surface area contributed by atoms with E-state index in [0.717, 1.165) is 37.0 Å². The number of hydrogen-bond donors (Lipinski definition) is 2. The fourth-order valence-corrected chi connectivity index (χ4v) is 3.69. The molecule has 1 atom stereocenters. The van der Waals surface area contributed by atoms with Crippen LogP contribution in [0, 0.1) is 6.92 Å². The lowest BCUT2D eigenvalue weighted by molar-refractivity contribution is -0.908. The van der Waals surface area contributed by atoms with Crippen LogP contribution < -0.4 is 10.5 Å². The monoisotopic (exact) mass is 348 g/mol. The molecule has 0 aliphatic carbocycles. The van der Waals surface area contributed by atoms with Crippen molar-refractivity contribution in [2.75, 3.05) is 13.1 Å². The second kappa shape index (κ2) is 6.81. The van der Waals surface area contributed by atoms with Gasteiger partial charge in [-0.1, -0.05) is 30.3 Å². The van der Waals surface area contributed by atoms with E-state index in [-0.39, 0.29) is 11.4 Å². The van der Waals surface area contributed by atoms with E-state index in [2.05, 4.69) is 30.3 Å². The van der Waals surface area contributed by atoms with Crippen LogP contribution in [0.4, 0.5) is 0 Å². The molecule has 3 aromatic rings. The first kappa shape index (κ1) is 16.6. The zero-order valence-corrected chi connectivity index (χ0v) is 14.8. The van der Waals surface area contributed by atoms with Crippen LogP contribution in [0.1, 0.15) is 23.1 Å². The first-order valence-corrected chi connectivity index (χ1v) is 8.95. The summed E-state index contributed by atoms with van der Waals surface area (Å²) in [5, 5.41) is 10.8. The number of hydrogen-bond acceptors (Lipinski definition) is 3. The molecule has 0 bridgehead atoms. The van der Waals surface area contributed by atoms with Crippen LogP contribution in [0.5, 0.6) is 5.75 Å². The molecule has 2 heterocycles. The summed E-state index contributed by atoms with van der Waals surface area (Å²) >= 11 is 0. The smallest absolute Gasteiger partial charge is 0.336 e. The van der Waals surface area contributed by atoms with Crippen LogP contribution in [0.15, 0.2) is 63.8 Å². The quantitative estimate of drug-likeness (QED) is 0.716. The second-order valence-corrected chi connectivity index (χ2v) is 6.90. The molecule has 0 fully saturated rings. The van der Waals surface area contributed by atoms with Gasteiger partial charge in [0, 0.05) is 29.0 Å². The maximum Gasteiger partial charge on any atom is 0.336 e. The Labute approximate surface area is 152 Å². The van der Waals surface area contributed by atoms with Crippen molar-refractivity contribution in [2.45, 2.75) is 19.9 Å². The maximum atomic E-state index is 12.0. The van der Waals surface area contributed by atoms with E-state index < -0.39 is 0 Å². The molecule has 1 aromatic heterocycles. The average Bonchev–Trinajstić information content (AvgIpc) is 2.66. The summed E-state index contributed by atoms with van der Waals surface area (Å²) in [5.74, 6) is 0.151. The molecular weight excluding hydrogens is 326 g/mol. The topological polar surface area (TPSA) is 54.9 Å². The molecule has 2 N–H and O–H groups in total. The van der Waals surface area contributed by atoms with Gasteiger partial charge in [-0.25, -0.2) is 4.79 Å². The Morgan fingerprint density at radius 3 is 2.69 bits per heavy atom. The molecule has 1 aliphatic heterocycles. The molecule has 4 heteroatoms. The predicted octanol–water partition coefficient (Wildman–Crippen LogP) is 2.68. The summed E-state index contributed by atoms with van der Waals surface area (Å²) in [6, 6.07) is 15.6. The Hall–Kier alpha value is -2.85. The first-order valence-electron chi connectivity index (χ1n) is 8.95. The van der Waals surface area contributed by atoms with E-state index in [1.165, 1.54) is 16.0 Å². The third kappa shape index (κ3) is 3.16. The lowest BCUT2D eigenvalue weighted by atomic mass is 9.99. The van der Waals surface area contributed by atoms with E-state index in [0.29, 0.717) is 11.1 Å². The Morgan fingerprint density at radius 1 is 1.15 bits per heavy atom. The highest BCUT2D eigenvalue weighted by molar-refractivity contribution is 5.84. The number of rotatable bonds is 3.